The van der Waals surface area contributed by atoms with E-state index in [4.69, 9.17) is 14.2 Å². The molecule has 1 aliphatic rings. The van der Waals surface area contributed by atoms with Crippen molar-refractivity contribution in [1.29, 1.82) is 0 Å². The van der Waals surface area contributed by atoms with Crippen molar-refractivity contribution >= 4 is 11.9 Å². The van der Waals surface area contributed by atoms with Crippen molar-refractivity contribution in [1.82, 2.24) is 0 Å². The van der Waals surface area contributed by atoms with E-state index in [2.05, 4.69) is 0 Å². The highest BCUT2D eigenvalue weighted by atomic mass is 16.7. The molecule has 30 heavy (non-hydrogen) atoms. The van der Waals surface area contributed by atoms with E-state index >= 15 is 0 Å². The van der Waals surface area contributed by atoms with Gasteiger partial charge in [0.1, 0.15) is 11.5 Å². The van der Waals surface area contributed by atoms with Crippen LogP contribution in [0.2, 0.25) is 0 Å². The fraction of sp³-hybridized carbons (Fsp3) is 0.417. The normalized spacial score (nSPS) is 12.6. The Morgan fingerprint density at radius 3 is 2.10 bits per heavy atom. The third-order valence-corrected chi connectivity index (χ3v) is 6.04. The molecular formula is C24H28O6. The molecule has 0 aliphatic heterocycles. The van der Waals surface area contributed by atoms with E-state index in [0.717, 1.165) is 30.4 Å². The van der Waals surface area contributed by atoms with E-state index in [9.17, 15) is 14.7 Å². The van der Waals surface area contributed by atoms with E-state index < -0.39 is 11.9 Å². The minimum atomic E-state index is -0.469. The maximum absolute atomic E-state index is 13.2. The Balaban J connectivity index is 2.02. The molecule has 0 amide bonds. The Morgan fingerprint density at radius 1 is 0.900 bits per heavy atom. The van der Waals surface area contributed by atoms with Crippen LogP contribution in [0.25, 0.3) is 0 Å². The number of aryl methyl sites for hydroxylation is 1. The summed E-state index contributed by atoms with van der Waals surface area (Å²) in [5, 5.41) is 10.2. The fourth-order valence-corrected chi connectivity index (χ4v) is 4.25. The summed E-state index contributed by atoms with van der Waals surface area (Å²) < 4.78 is 15.8. The van der Waals surface area contributed by atoms with E-state index in [1.807, 2.05) is 27.7 Å². The summed E-state index contributed by atoms with van der Waals surface area (Å²) >= 11 is 0. The lowest BCUT2D eigenvalue weighted by atomic mass is 9.92. The molecule has 0 atom stereocenters. The van der Waals surface area contributed by atoms with Crippen LogP contribution in [0.5, 0.6) is 11.5 Å². The highest BCUT2D eigenvalue weighted by Crippen LogP contribution is 2.37. The minimum absolute atomic E-state index is 0.127. The number of rotatable bonds is 5. The monoisotopic (exact) mass is 412 g/mol. The summed E-state index contributed by atoms with van der Waals surface area (Å²) in [6, 6.07) is 1.63. The maximum Gasteiger partial charge on any atom is 0.344 e. The van der Waals surface area contributed by atoms with E-state index in [-0.39, 0.29) is 12.5 Å². The average molecular weight is 412 g/mol. The highest BCUT2D eigenvalue weighted by molar-refractivity contribution is 5.97. The van der Waals surface area contributed by atoms with Gasteiger partial charge in [0.15, 0.2) is 6.79 Å². The number of benzene rings is 2. The van der Waals surface area contributed by atoms with Crippen LogP contribution in [0, 0.1) is 34.6 Å². The molecule has 6 heteroatoms. The van der Waals surface area contributed by atoms with Crippen molar-refractivity contribution in [3.8, 4) is 11.5 Å². The van der Waals surface area contributed by atoms with Crippen molar-refractivity contribution in [2.24, 2.45) is 0 Å². The number of hydrogen-bond acceptors (Lipinski definition) is 6. The molecule has 0 bridgehead atoms. The average Bonchev–Trinajstić information content (AvgIpc) is 3.18. The summed E-state index contributed by atoms with van der Waals surface area (Å²) in [5.41, 5.74) is 6.23. The van der Waals surface area contributed by atoms with Crippen molar-refractivity contribution in [3.63, 3.8) is 0 Å². The Labute approximate surface area is 176 Å². The van der Waals surface area contributed by atoms with Crippen LogP contribution in [0.3, 0.4) is 0 Å². The molecule has 1 N–H and O–H groups in total. The van der Waals surface area contributed by atoms with Gasteiger partial charge in [-0.05, 0) is 98.9 Å². The number of phenolic OH excluding ortho intramolecular Hbond substituents is 1. The fourth-order valence-electron chi connectivity index (χ4n) is 4.25. The second kappa shape index (κ2) is 8.48. The molecule has 6 nitrogen and oxygen atoms in total. The van der Waals surface area contributed by atoms with Gasteiger partial charge in [0.05, 0.1) is 11.1 Å². The number of fused-ring (bicyclic) bond motifs is 1. The molecule has 0 saturated carbocycles. The lowest BCUT2D eigenvalue weighted by molar-refractivity contribution is -0.0126. The Morgan fingerprint density at radius 2 is 1.50 bits per heavy atom. The standard InChI is InChI=1S/C24H28O6/c1-12-10-19(25)17-8-7-9-18(17)20(12)24(27)30-22-15(4)13(2)21(14(3)16(22)5)23(26)29-11-28-6/h10,25H,7-9,11H2,1-6H3. The number of ether oxygens (including phenoxy) is 3. The molecule has 0 fully saturated rings. The third kappa shape index (κ3) is 3.67. The number of phenols is 1. The molecule has 0 heterocycles. The number of carbonyl (C=O) groups is 2. The Hall–Kier alpha value is -2.86. The molecule has 2 aromatic carbocycles. The van der Waals surface area contributed by atoms with Gasteiger partial charge < -0.3 is 19.3 Å². The highest BCUT2D eigenvalue weighted by Gasteiger charge is 2.28. The Kier molecular flexibility index (Phi) is 6.17. The first kappa shape index (κ1) is 21.8. The van der Waals surface area contributed by atoms with Gasteiger partial charge in [0.25, 0.3) is 0 Å². The van der Waals surface area contributed by atoms with Gasteiger partial charge in [-0.25, -0.2) is 9.59 Å². The van der Waals surface area contributed by atoms with Crippen molar-refractivity contribution < 1.29 is 28.9 Å². The molecule has 3 rings (SSSR count). The van der Waals surface area contributed by atoms with Crippen LogP contribution >= 0.6 is 0 Å². The molecule has 0 unspecified atom stereocenters. The number of carbonyl (C=O) groups excluding carboxylic acids is 2. The van der Waals surface area contributed by atoms with E-state index in [0.29, 0.717) is 44.7 Å². The van der Waals surface area contributed by atoms with Gasteiger partial charge >= 0.3 is 11.9 Å². The van der Waals surface area contributed by atoms with E-state index in [1.165, 1.54) is 7.11 Å². The quantitative estimate of drug-likeness (QED) is 0.445. The molecule has 1 aliphatic carbocycles. The van der Waals surface area contributed by atoms with Gasteiger partial charge in [0, 0.05) is 7.11 Å². The second-order valence-electron chi connectivity index (χ2n) is 7.83. The lowest BCUT2D eigenvalue weighted by Gasteiger charge is -2.20. The molecule has 0 aromatic heterocycles. The first-order valence-electron chi connectivity index (χ1n) is 10.0. The molecule has 160 valence electrons. The largest absolute Gasteiger partial charge is 0.508 e. The first-order chi connectivity index (χ1) is 14.2. The summed E-state index contributed by atoms with van der Waals surface area (Å²) in [7, 11) is 1.45. The summed E-state index contributed by atoms with van der Waals surface area (Å²) in [6.45, 7) is 8.95. The molecule has 2 aromatic rings. The van der Waals surface area contributed by atoms with Gasteiger partial charge in [0.2, 0.25) is 0 Å². The van der Waals surface area contributed by atoms with Gasteiger partial charge in [-0.1, -0.05) is 0 Å². The van der Waals surface area contributed by atoms with Crippen LogP contribution in [0.15, 0.2) is 6.07 Å². The Bertz CT molecular complexity index is 1010. The smallest absolute Gasteiger partial charge is 0.344 e. The van der Waals surface area contributed by atoms with Crippen LogP contribution in [-0.2, 0) is 22.3 Å². The van der Waals surface area contributed by atoms with Crippen LogP contribution in [-0.4, -0.2) is 30.9 Å². The van der Waals surface area contributed by atoms with Crippen molar-refractivity contribution in [3.05, 3.63) is 56.1 Å². The zero-order valence-electron chi connectivity index (χ0n) is 18.4. The summed E-state index contributed by atoms with van der Waals surface area (Å²) in [5.74, 6) is -0.208. The van der Waals surface area contributed by atoms with Crippen molar-refractivity contribution in [2.45, 2.75) is 53.9 Å². The van der Waals surface area contributed by atoms with Crippen LogP contribution in [0.1, 0.15) is 66.1 Å². The molecular weight excluding hydrogens is 384 g/mol. The number of methoxy groups -OCH3 is 1. The van der Waals surface area contributed by atoms with Gasteiger partial charge in [-0.3, -0.25) is 0 Å². The predicted octanol–water partition coefficient (Wildman–Crippen LogP) is 4.40. The van der Waals surface area contributed by atoms with Crippen LogP contribution < -0.4 is 4.74 Å². The molecule has 0 saturated heterocycles. The predicted molar refractivity (Wildman–Crippen MR) is 113 cm³/mol. The first-order valence-corrected chi connectivity index (χ1v) is 10.0. The zero-order valence-corrected chi connectivity index (χ0v) is 18.4. The lowest BCUT2D eigenvalue weighted by Crippen LogP contribution is -2.18. The third-order valence-electron chi connectivity index (χ3n) is 6.04. The molecule has 0 spiro atoms. The van der Waals surface area contributed by atoms with E-state index in [1.54, 1.807) is 13.0 Å². The van der Waals surface area contributed by atoms with Gasteiger partial charge in [-0.15, -0.1) is 0 Å². The SMILES string of the molecule is COCOC(=O)c1c(C)c(C)c(OC(=O)c2c(C)cc(O)c3c2CCC3)c(C)c1C. The number of aromatic hydroxyl groups is 1. The number of esters is 2. The maximum atomic E-state index is 13.2. The van der Waals surface area contributed by atoms with Crippen LogP contribution in [0.4, 0.5) is 0 Å². The summed E-state index contributed by atoms with van der Waals surface area (Å²) in [4.78, 5) is 25.7. The molecule has 0 radical (unpaired) electrons. The minimum Gasteiger partial charge on any atom is -0.508 e. The summed E-state index contributed by atoms with van der Waals surface area (Å²) in [6.07, 6.45) is 2.41. The topological polar surface area (TPSA) is 82.1 Å². The zero-order chi connectivity index (χ0) is 22.2. The van der Waals surface area contributed by atoms with Gasteiger partial charge in [-0.2, -0.15) is 0 Å². The van der Waals surface area contributed by atoms with Crippen molar-refractivity contribution in [2.75, 3.05) is 13.9 Å². The number of hydrogen-bond donors (Lipinski definition) is 1. The second-order valence-corrected chi connectivity index (χ2v) is 7.83.